The molecule has 1 atom stereocenters. The van der Waals surface area contributed by atoms with E-state index in [4.69, 9.17) is 0 Å². The van der Waals surface area contributed by atoms with Crippen LogP contribution in [0.25, 0.3) is 0 Å². The van der Waals surface area contributed by atoms with Crippen LogP contribution in [0.15, 0.2) is 0 Å². The van der Waals surface area contributed by atoms with Crippen LogP contribution in [0.1, 0.15) is 34.1 Å². The normalized spacial score (nSPS) is 16.3. The highest BCUT2D eigenvalue weighted by Gasteiger charge is 2.39. The van der Waals surface area contributed by atoms with Crippen LogP contribution in [0, 0.1) is 11.3 Å². The number of alkyl halides is 3. The van der Waals surface area contributed by atoms with Crippen LogP contribution in [-0.4, -0.2) is 18.8 Å². The van der Waals surface area contributed by atoms with Crippen molar-refractivity contribution >= 4 is 5.97 Å². The van der Waals surface area contributed by atoms with Gasteiger partial charge < -0.3 is 4.74 Å². The van der Waals surface area contributed by atoms with Crippen LogP contribution in [0.2, 0.25) is 0 Å². The van der Waals surface area contributed by atoms with Crippen LogP contribution < -0.4 is 0 Å². The molecule has 0 aliphatic rings. The Morgan fingerprint density at radius 3 is 2.07 bits per heavy atom. The number of carbonyl (C=O) groups is 1. The Bertz CT molecular complexity index is 223. The van der Waals surface area contributed by atoms with Crippen molar-refractivity contribution in [1.29, 1.82) is 0 Å². The smallest absolute Gasteiger partial charge is 0.422 e. The van der Waals surface area contributed by atoms with E-state index in [0.717, 1.165) is 0 Å². The van der Waals surface area contributed by atoms with Crippen molar-refractivity contribution in [2.24, 2.45) is 11.3 Å². The third-order valence-electron chi connectivity index (χ3n) is 2.84. The van der Waals surface area contributed by atoms with Gasteiger partial charge in [0.25, 0.3) is 0 Å². The minimum Gasteiger partial charge on any atom is -0.456 e. The van der Waals surface area contributed by atoms with Gasteiger partial charge >= 0.3 is 12.1 Å². The first-order chi connectivity index (χ1) is 6.63. The van der Waals surface area contributed by atoms with Gasteiger partial charge in [-0.25, -0.2) is 0 Å². The third kappa shape index (κ3) is 4.10. The maximum absolute atomic E-state index is 11.8. The highest BCUT2D eigenvalue weighted by molar-refractivity contribution is 5.76. The molecule has 0 spiro atoms. The molecule has 0 saturated carbocycles. The summed E-state index contributed by atoms with van der Waals surface area (Å²) in [4.78, 5) is 11.5. The number of hydrogen-bond acceptors (Lipinski definition) is 2. The van der Waals surface area contributed by atoms with E-state index in [1.54, 1.807) is 27.7 Å². The minimum atomic E-state index is -4.46. The van der Waals surface area contributed by atoms with Crippen LogP contribution in [0.3, 0.4) is 0 Å². The molecule has 1 unspecified atom stereocenters. The highest BCUT2D eigenvalue weighted by Crippen LogP contribution is 2.32. The Balaban J connectivity index is 4.43. The second kappa shape index (κ2) is 4.86. The van der Waals surface area contributed by atoms with Gasteiger partial charge in [0, 0.05) is 0 Å². The number of carbonyl (C=O) groups excluding carboxylic acids is 1. The number of halogens is 3. The Morgan fingerprint density at radius 2 is 1.80 bits per heavy atom. The Kier molecular flexibility index (Phi) is 4.62. The molecule has 90 valence electrons. The van der Waals surface area contributed by atoms with Gasteiger partial charge in [0.15, 0.2) is 6.61 Å². The molecule has 5 heteroatoms. The summed E-state index contributed by atoms with van der Waals surface area (Å²) in [6, 6.07) is 0. The van der Waals surface area contributed by atoms with Crippen LogP contribution >= 0.6 is 0 Å². The van der Waals surface area contributed by atoms with Gasteiger partial charge in [-0.2, -0.15) is 13.2 Å². The van der Waals surface area contributed by atoms with Gasteiger partial charge in [0.05, 0.1) is 5.41 Å². The summed E-state index contributed by atoms with van der Waals surface area (Å²) in [5, 5.41) is 0. The summed E-state index contributed by atoms with van der Waals surface area (Å²) in [5.74, 6) is -0.833. The summed E-state index contributed by atoms with van der Waals surface area (Å²) < 4.78 is 39.8. The van der Waals surface area contributed by atoms with E-state index in [0.29, 0.717) is 6.42 Å². The zero-order valence-electron chi connectivity index (χ0n) is 9.44. The molecular formula is C10H17F3O2. The predicted octanol–water partition coefficient (Wildman–Crippen LogP) is 3.16. The van der Waals surface area contributed by atoms with Gasteiger partial charge in [0.2, 0.25) is 0 Å². The highest BCUT2D eigenvalue weighted by atomic mass is 19.4. The van der Waals surface area contributed by atoms with E-state index >= 15 is 0 Å². The van der Waals surface area contributed by atoms with Crippen LogP contribution in [-0.2, 0) is 9.53 Å². The topological polar surface area (TPSA) is 26.3 Å². The van der Waals surface area contributed by atoms with Crippen molar-refractivity contribution in [3.05, 3.63) is 0 Å². The van der Waals surface area contributed by atoms with Crippen LogP contribution in [0.4, 0.5) is 13.2 Å². The van der Waals surface area contributed by atoms with Crippen LogP contribution in [0.5, 0.6) is 0 Å². The fourth-order valence-electron chi connectivity index (χ4n) is 1.10. The number of ether oxygens (including phenoxy) is 1. The summed E-state index contributed by atoms with van der Waals surface area (Å²) in [6.07, 6.45) is -4.00. The van der Waals surface area contributed by atoms with Gasteiger partial charge in [-0.1, -0.05) is 20.8 Å². The minimum absolute atomic E-state index is 0.0526. The molecule has 0 aromatic carbocycles. The molecule has 0 saturated heterocycles. The summed E-state index contributed by atoms with van der Waals surface area (Å²) >= 11 is 0. The fraction of sp³-hybridized carbons (Fsp3) is 0.900. The summed E-state index contributed by atoms with van der Waals surface area (Å²) in [5.41, 5.74) is -0.842. The molecule has 0 aliphatic heterocycles. The molecule has 0 amide bonds. The molecule has 0 fully saturated rings. The predicted molar refractivity (Wildman–Crippen MR) is 50.3 cm³/mol. The molecule has 0 heterocycles. The zero-order valence-corrected chi connectivity index (χ0v) is 9.44. The molecule has 15 heavy (non-hydrogen) atoms. The molecule has 0 bridgehead atoms. The van der Waals surface area contributed by atoms with E-state index in [9.17, 15) is 18.0 Å². The SMILES string of the molecule is CCC(C)(C(=O)OCC(F)(F)F)C(C)C. The van der Waals surface area contributed by atoms with Crippen molar-refractivity contribution in [1.82, 2.24) is 0 Å². The first-order valence-electron chi connectivity index (χ1n) is 4.87. The molecule has 2 nitrogen and oxygen atoms in total. The third-order valence-corrected chi connectivity index (χ3v) is 2.84. The monoisotopic (exact) mass is 226 g/mol. The number of rotatable bonds is 4. The van der Waals surface area contributed by atoms with Crippen molar-refractivity contribution in [3.8, 4) is 0 Å². The molecule has 0 rings (SSSR count). The summed E-state index contributed by atoms with van der Waals surface area (Å²) in [6.45, 7) is 5.45. The molecule has 0 aliphatic carbocycles. The quantitative estimate of drug-likeness (QED) is 0.688. The van der Waals surface area contributed by atoms with E-state index in [-0.39, 0.29) is 5.92 Å². The lowest BCUT2D eigenvalue weighted by Gasteiger charge is -2.30. The molecular weight excluding hydrogens is 209 g/mol. The Hall–Kier alpha value is -0.740. The van der Waals surface area contributed by atoms with Crippen molar-refractivity contribution in [3.63, 3.8) is 0 Å². The Morgan fingerprint density at radius 1 is 1.33 bits per heavy atom. The molecule has 0 N–H and O–H groups in total. The van der Waals surface area contributed by atoms with Crippen molar-refractivity contribution in [2.45, 2.75) is 40.3 Å². The molecule has 0 aromatic heterocycles. The average molecular weight is 226 g/mol. The number of esters is 1. The van der Waals surface area contributed by atoms with Gasteiger partial charge in [-0.15, -0.1) is 0 Å². The maximum atomic E-state index is 11.8. The van der Waals surface area contributed by atoms with Crippen molar-refractivity contribution in [2.75, 3.05) is 6.61 Å². The fourth-order valence-corrected chi connectivity index (χ4v) is 1.10. The first-order valence-corrected chi connectivity index (χ1v) is 4.87. The number of hydrogen-bond donors (Lipinski definition) is 0. The second-order valence-electron chi connectivity index (χ2n) is 4.12. The van der Waals surface area contributed by atoms with E-state index in [2.05, 4.69) is 4.74 Å². The van der Waals surface area contributed by atoms with Gasteiger partial charge in [0.1, 0.15) is 0 Å². The van der Waals surface area contributed by atoms with E-state index < -0.39 is 24.2 Å². The van der Waals surface area contributed by atoms with Crippen molar-refractivity contribution < 1.29 is 22.7 Å². The van der Waals surface area contributed by atoms with E-state index in [1.165, 1.54) is 0 Å². The second-order valence-corrected chi connectivity index (χ2v) is 4.12. The zero-order chi connectivity index (χ0) is 12.3. The summed E-state index contributed by atoms with van der Waals surface area (Å²) in [7, 11) is 0. The molecule has 0 radical (unpaired) electrons. The molecule has 0 aromatic rings. The lowest BCUT2D eigenvalue weighted by Crippen LogP contribution is -2.36. The van der Waals surface area contributed by atoms with Gasteiger partial charge in [-0.05, 0) is 19.3 Å². The lowest BCUT2D eigenvalue weighted by atomic mass is 9.77. The lowest BCUT2D eigenvalue weighted by molar-refractivity contribution is -0.195. The van der Waals surface area contributed by atoms with E-state index in [1.807, 2.05) is 0 Å². The maximum Gasteiger partial charge on any atom is 0.422 e. The standard InChI is InChI=1S/C10H17F3O2/c1-5-9(4,7(2)3)8(14)15-6-10(11,12)13/h7H,5-6H2,1-4H3. The largest absolute Gasteiger partial charge is 0.456 e. The average Bonchev–Trinajstić information content (AvgIpc) is 2.11. The van der Waals surface area contributed by atoms with Gasteiger partial charge in [-0.3, -0.25) is 4.79 Å². The first kappa shape index (κ1) is 14.3. The Labute approximate surface area is 87.8 Å².